The van der Waals surface area contributed by atoms with Crippen molar-refractivity contribution in [2.75, 3.05) is 23.7 Å². The van der Waals surface area contributed by atoms with Crippen molar-refractivity contribution in [1.82, 2.24) is 4.98 Å². The summed E-state index contributed by atoms with van der Waals surface area (Å²) in [6, 6.07) is 5.63. The molecule has 5 nitrogen and oxygen atoms in total. The summed E-state index contributed by atoms with van der Waals surface area (Å²) in [6.45, 7) is 2.25. The zero-order valence-corrected chi connectivity index (χ0v) is 12.1. The van der Waals surface area contributed by atoms with E-state index in [1.54, 1.807) is 11.3 Å². The Labute approximate surface area is 123 Å². The summed E-state index contributed by atoms with van der Waals surface area (Å²) in [5.74, 6) is -0.364. The molecule has 1 N–H and O–H groups in total. The van der Waals surface area contributed by atoms with Gasteiger partial charge < -0.3 is 10.0 Å². The molecular weight excluding hydrogens is 294 g/mol. The summed E-state index contributed by atoms with van der Waals surface area (Å²) in [5, 5.41) is 10.6. The van der Waals surface area contributed by atoms with Crippen LogP contribution in [0.2, 0.25) is 0 Å². The lowest BCUT2D eigenvalue weighted by molar-refractivity contribution is -0.137. The molecule has 3 heterocycles. The van der Waals surface area contributed by atoms with E-state index in [0.29, 0.717) is 5.75 Å². The van der Waals surface area contributed by atoms with Crippen molar-refractivity contribution in [1.29, 1.82) is 0 Å². The number of nitrogens with zero attached hydrogens (tertiary/aromatic N) is 3. The van der Waals surface area contributed by atoms with Crippen molar-refractivity contribution in [2.24, 2.45) is 4.99 Å². The van der Waals surface area contributed by atoms with E-state index in [2.05, 4.69) is 27.0 Å². The minimum Gasteiger partial charge on any atom is -0.480 e. The third kappa shape index (κ3) is 2.06. The van der Waals surface area contributed by atoms with Gasteiger partial charge in [-0.3, -0.25) is 4.99 Å². The molecule has 0 radical (unpaired) electrons. The molecule has 0 saturated carbocycles. The van der Waals surface area contributed by atoms with Crippen LogP contribution >= 0.6 is 23.1 Å². The monoisotopic (exact) mass is 305 g/mol. The number of carbonyl (C=O) groups is 1. The summed E-state index contributed by atoms with van der Waals surface area (Å²) in [4.78, 5) is 22.0. The molecule has 20 heavy (non-hydrogen) atoms. The normalized spacial score (nSPS) is 21.3. The van der Waals surface area contributed by atoms with E-state index in [1.807, 2.05) is 6.07 Å². The smallest absolute Gasteiger partial charge is 0.329 e. The number of benzene rings is 1. The first kappa shape index (κ1) is 12.2. The number of aliphatic carboxylic acids is 1. The van der Waals surface area contributed by atoms with Gasteiger partial charge in [0.25, 0.3) is 0 Å². The van der Waals surface area contributed by atoms with Gasteiger partial charge in [0.15, 0.2) is 6.04 Å². The van der Waals surface area contributed by atoms with Crippen molar-refractivity contribution in [3.63, 3.8) is 0 Å². The van der Waals surface area contributed by atoms with Gasteiger partial charge in [0.2, 0.25) is 0 Å². The number of carboxylic acid groups (broad SMARTS) is 1. The number of aromatic nitrogens is 1. The maximum atomic E-state index is 10.9. The lowest BCUT2D eigenvalue weighted by Crippen LogP contribution is -2.17. The number of thioether (sulfide) groups is 1. The highest BCUT2D eigenvalue weighted by atomic mass is 32.2. The minimum atomic E-state index is -0.863. The molecule has 1 aromatic heterocycles. The van der Waals surface area contributed by atoms with E-state index in [4.69, 9.17) is 5.11 Å². The number of thiazole rings is 1. The molecule has 2 aliphatic heterocycles. The Hall–Kier alpha value is -1.60. The second-order valence-corrected chi connectivity index (χ2v) is 6.80. The number of hydrogen-bond acceptors (Lipinski definition) is 6. The van der Waals surface area contributed by atoms with Crippen molar-refractivity contribution < 1.29 is 9.90 Å². The minimum absolute atomic E-state index is 0.500. The second kappa shape index (κ2) is 4.46. The Kier molecular flexibility index (Phi) is 2.71. The van der Waals surface area contributed by atoms with E-state index in [1.165, 1.54) is 17.4 Å². The second-order valence-electron chi connectivity index (χ2n) is 4.76. The third-order valence-corrected chi connectivity index (χ3v) is 5.51. The van der Waals surface area contributed by atoms with Crippen molar-refractivity contribution >= 4 is 50.0 Å². The molecule has 0 aliphatic carbocycles. The van der Waals surface area contributed by atoms with E-state index >= 15 is 0 Å². The molecule has 7 heteroatoms. The first-order chi connectivity index (χ1) is 9.70. The van der Waals surface area contributed by atoms with Crippen LogP contribution in [-0.2, 0) is 4.79 Å². The molecule has 102 valence electrons. The molecule has 0 amide bonds. The van der Waals surface area contributed by atoms with Crippen LogP contribution in [0.3, 0.4) is 0 Å². The van der Waals surface area contributed by atoms with Crippen LogP contribution in [0.15, 0.2) is 23.2 Å². The summed E-state index contributed by atoms with van der Waals surface area (Å²) < 4.78 is 1.13. The maximum Gasteiger partial charge on any atom is 0.329 e. The van der Waals surface area contributed by atoms with Crippen LogP contribution in [-0.4, -0.2) is 46.0 Å². The number of rotatable bonds is 3. The van der Waals surface area contributed by atoms with E-state index in [-0.39, 0.29) is 0 Å². The van der Waals surface area contributed by atoms with Crippen molar-refractivity contribution in [3.8, 4) is 0 Å². The van der Waals surface area contributed by atoms with E-state index in [9.17, 15) is 4.79 Å². The standard InChI is InChI=1S/C13H11N3O2S2/c17-13(18)9-6-19-11(15-9)12-14-8-2-1-7(16-3-4-16)5-10(8)20-12/h1-2,5,9H,3-4,6H2,(H,17,18)/t9-/m1/s1. The van der Waals surface area contributed by atoms with Gasteiger partial charge in [-0.25, -0.2) is 9.78 Å². The average Bonchev–Trinajstić information content (AvgIpc) is 3.02. The van der Waals surface area contributed by atoms with Gasteiger partial charge in [0, 0.05) is 24.5 Å². The predicted molar refractivity (Wildman–Crippen MR) is 82.3 cm³/mol. The molecule has 1 saturated heterocycles. The molecular formula is C13H11N3O2S2. The zero-order valence-electron chi connectivity index (χ0n) is 10.4. The highest BCUT2D eigenvalue weighted by Crippen LogP contribution is 2.33. The summed E-state index contributed by atoms with van der Waals surface area (Å²) in [5.41, 5.74) is 2.19. The molecule has 1 fully saturated rings. The summed E-state index contributed by atoms with van der Waals surface area (Å²) in [7, 11) is 0. The van der Waals surface area contributed by atoms with Crippen molar-refractivity contribution in [2.45, 2.75) is 6.04 Å². The van der Waals surface area contributed by atoms with Crippen LogP contribution in [0.5, 0.6) is 0 Å². The summed E-state index contributed by atoms with van der Waals surface area (Å²) in [6.07, 6.45) is 0. The maximum absolute atomic E-state index is 10.9. The topological polar surface area (TPSA) is 65.6 Å². The Bertz CT molecular complexity index is 736. The quantitative estimate of drug-likeness (QED) is 0.879. The fraction of sp³-hybridized carbons (Fsp3) is 0.308. The van der Waals surface area contributed by atoms with Gasteiger partial charge in [-0.2, -0.15) is 0 Å². The molecule has 0 unspecified atom stereocenters. The molecule has 2 aliphatic rings. The van der Waals surface area contributed by atoms with Gasteiger partial charge in [0.1, 0.15) is 10.1 Å². The first-order valence-electron chi connectivity index (χ1n) is 6.30. The molecule has 0 bridgehead atoms. The van der Waals surface area contributed by atoms with Crippen LogP contribution in [0.1, 0.15) is 5.01 Å². The van der Waals surface area contributed by atoms with E-state index < -0.39 is 12.0 Å². The highest BCUT2D eigenvalue weighted by Gasteiger charge is 2.27. The number of anilines is 1. The van der Waals surface area contributed by atoms with Gasteiger partial charge in [-0.1, -0.05) is 0 Å². The molecule has 1 atom stereocenters. The SMILES string of the molecule is O=C(O)[C@H]1CSC(c2nc3ccc(N4CC4)cc3s2)=N1. The number of aliphatic imine (C=N–C) groups is 1. The lowest BCUT2D eigenvalue weighted by Gasteiger charge is -2.00. The van der Waals surface area contributed by atoms with Gasteiger partial charge >= 0.3 is 5.97 Å². The number of fused-ring (bicyclic) bond motifs is 1. The van der Waals surface area contributed by atoms with Gasteiger partial charge in [-0.05, 0) is 18.2 Å². The van der Waals surface area contributed by atoms with Crippen LogP contribution in [0.25, 0.3) is 10.2 Å². The third-order valence-electron chi connectivity index (χ3n) is 3.30. The first-order valence-corrected chi connectivity index (χ1v) is 8.10. The average molecular weight is 305 g/mol. The number of hydrogen-bond donors (Lipinski definition) is 1. The predicted octanol–water partition coefficient (Wildman–Crippen LogP) is 2.06. The van der Waals surface area contributed by atoms with Gasteiger partial charge in [0.05, 0.1) is 10.2 Å². The molecule has 2 aromatic rings. The van der Waals surface area contributed by atoms with E-state index in [0.717, 1.165) is 33.4 Å². The zero-order chi connectivity index (χ0) is 13.7. The summed E-state index contributed by atoms with van der Waals surface area (Å²) >= 11 is 3.06. The number of carboxylic acids is 1. The van der Waals surface area contributed by atoms with Crippen LogP contribution < -0.4 is 4.90 Å². The Morgan fingerprint density at radius 3 is 2.95 bits per heavy atom. The Morgan fingerprint density at radius 1 is 1.40 bits per heavy atom. The highest BCUT2D eigenvalue weighted by molar-refractivity contribution is 8.15. The largest absolute Gasteiger partial charge is 0.480 e. The fourth-order valence-corrected chi connectivity index (χ4v) is 4.22. The van der Waals surface area contributed by atoms with Crippen molar-refractivity contribution in [3.05, 3.63) is 23.2 Å². The lowest BCUT2D eigenvalue weighted by atomic mass is 10.3. The fourth-order valence-electron chi connectivity index (χ4n) is 2.13. The van der Waals surface area contributed by atoms with Gasteiger partial charge in [-0.15, -0.1) is 23.1 Å². The molecule has 0 spiro atoms. The van der Waals surface area contributed by atoms with Crippen LogP contribution in [0.4, 0.5) is 5.69 Å². The molecule has 1 aromatic carbocycles. The molecule has 4 rings (SSSR count). The Morgan fingerprint density at radius 2 is 2.25 bits per heavy atom. The Balaban J connectivity index is 1.70. The van der Waals surface area contributed by atoms with Crippen LogP contribution in [0, 0.1) is 0 Å².